The van der Waals surface area contributed by atoms with E-state index in [0.29, 0.717) is 11.1 Å². The number of para-hydroxylation sites is 4. The fraction of sp³-hybridized carbons (Fsp3) is 0. The molecule has 24 rings (SSSR count). The third-order valence-corrected chi connectivity index (χ3v) is 26.3. The lowest BCUT2D eigenvalue weighted by Gasteiger charge is -2.46. The molecule has 2 aromatic heterocycles. The maximum atomic E-state index is 11.4. The van der Waals surface area contributed by atoms with Crippen LogP contribution in [-0.4, -0.2) is 15.8 Å². The van der Waals surface area contributed by atoms with Crippen LogP contribution in [-0.2, 0) is 0 Å². The first-order chi connectivity index (χ1) is 63.9. The second-order valence-electron chi connectivity index (χ2n) is 33.6. The van der Waals surface area contributed by atoms with Crippen LogP contribution in [0.4, 0.5) is 34.1 Å². The van der Waals surface area contributed by atoms with Gasteiger partial charge < -0.3 is 18.9 Å². The molecule has 129 heavy (non-hydrogen) atoms. The van der Waals surface area contributed by atoms with Crippen molar-refractivity contribution in [1.29, 1.82) is 10.5 Å². The Morgan fingerprint density at radius 3 is 0.760 bits per heavy atom. The molecule has 0 amide bonds. The van der Waals surface area contributed by atoms with Crippen molar-refractivity contribution in [2.75, 3.05) is 9.80 Å². The van der Waals surface area contributed by atoms with Crippen LogP contribution in [0, 0.1) is 22.7 Å². The molecule has 0 spiro atoms. The molecule has 0 unspecified atom stereocenters. The van der Waals surface area contributed by atoms with E-state index in [9.17, 15) is 10.5 Å². The molecular formula is C122H77BN6. The maximum absolute atomic E-state index is 11.4. The van der Waals surface area contributed by atoms with Crippen molar-refractivity contribution >= 4 is 101 Å². The average Bonchev–Trinajstić information content (AvgIpc) is 1.35. The third kappa shape index (κ3) is 12.9. The molecule has 0 saturated heterocycles. The minimum atomic E-state index is -0.440. The minimum absolute atomic E-state index is 0.440. The Bertz CT molecular complexity index is 7560. The molecule has 0 aliphatic carbocycles. The van der Waals surface area contributed by atoms with Gasteiger partial charge in [0.1, 0.15) is 0 Å². The zero-order valence-corrected chi connectivity index (χ0v) is 70.2. The molecule has 4 heterocycles. The Balaban J connectivity index is 0.900. The van der Waals surface area contributed by atoms with E-state index in [1.165, 1.54) is 21.5 Å². The molecular weight excluding hydrogens is 1560 g/mol. The quantitative estimate of drug-likeness (QED) is 0.0960. The monoisotopic (exact) mass is 1640 g/mol. The van der Waals surface area contributed by atoms with E-state index in [4.69, 9.17) is 0 Å². The van der Waals surface area contributed by atoms with E-state index in [1.54, 1.807) is 0 Å². The Labute approximate surface area is 749 Å². The lowest BCUT2D eigenvalue weighted by Crippen LogP contribution is -2.61. The highest BCUT2D eigenvalue weighted by Gasteiger charge is 2.46. The Kier molecular flexibility index (Phi) is 18.4. The predicted octanol–water partition coefficient (Wildman–Crippen LogP) is 30.0. The van der Waals surface area contributed by atoms with Crippen LogP contribution in [0.15, 0.2) is 467 Å². The van der Waals surface area contributed by atoms with Crippen molar-refractivity contribution in [2.45, 2.75) is 0 Å². The molecule has 0 N–H and O–H groups in total. The van der Waals surface area contributed by atoms with Crippen LogP contribution in [0.5, 0.6) is 0 Å². The van der Waals surface area contributed by atoms with Crippen LogP contribution in [0.1, 0.15) is 11.1 Å². The van der Waals surface area contributed by atoms with E-state index < -0.39 is 6.71 Å². The fourth-order valence-corrected chi connectivity index (χ4v) is 20.5. The lowest BCUT2D eigenvalue weighted by atomic mass is 9.33. The number of hydrogen-bond donors (Lipinski definition) is 0. The highest BCUT2D eigenvalue weighted by molar-refractivity contribution is 7.00. The summed E-state index contributed by atoms with van der Waals surface area (Å²) >= 11 is 0. The van der Waals surface area contributed by atoms with Crippen molar-refractivity contribution in [1.82, 2.24) is 9.13 Å². The van der Waals surface area contributed by atoms with Crippen molar-refractivity contribution in [3.63, 3.8) is 0 Å². The molecule has 2 aliphatic heterocycles. The van der Waals surface area contributed by atoms with Crippen LogP contribution >= 0.6 is 0 Å². The highest BCUT2D eigenvalue weighted by atomic mass is 15.2. The topological polar surface area (TPSA) is 63.9 Å². The van der Waals surface area contributed by atoms with Gasteiger partial charge in [0.25, 0.3) is 6.71 Å². The second kappa shape index (κ2) is 31.5. The third-order valence-electron chi connectivity index (χ3n) is 26.3. The molecule has 0 radical (unpaired) electrons. The number of fused-ring (bicyclic) bond motifs is 10. The number of aromatic nitrogens is 2. The average molecular weight is 1640 g/mol. The smallest absolute Gasteiger partial charge is 0.252 e. The van der Waals surface area contributed by atoms with Gasteiger partial charge in [0.2, 0.25) is 0 Å². The predicted molar refractivity (Wildman–Crippen MR) is 538 cm³/mol. The first kappa shape index (κ1) is 75.4. The highest BCUT2D eigenvalue weighted by Crippen LogP contribution is 2.57. The standard InChI is InChI=1S/C122H77BN6/c124-78-93-42-16-18-52-100(93)96-70-106(89-48-28-44-85(66-89)80-32-6-1-7-33-80)121(107(71-96)90-49-29-45-86(67-90)81-34-8-2-9-35-81)128-116-76-98(126-112-58-24-20-54-102(112)103-55-21-25-59-113(103)126)62-64-110(116)123-111-65-63-99(127-114-60-26-22-56-104(114)105-57-23-27-61-115(105)127)77-117(111)129(119-75-95(74-118(128)120(119)123)84-40-14-5-15-41-84)122-108(91-50-30-46-87(68-91)82-36-10-3-11-37-82)72-97(101-53-19-17-43-94(101)79-125)73-109(122)92-51-31-47-88(69-92)83-38-12-4-13-39-83/h1-77H. The number of hydrogen-bond acceptors (Lipinski definition) is 4. The van der Waals surface area contributed by atoms with Crippen LogP contribution in [0.3, 0.4) is 0 Å². The number of nitrogens with zero attached hydrogens (tertiary/aromatic N) is 6. The summed E-state index contributed by atoms with van der Waals surface area (Å²) in [6.45, 7) is -0.440. The molecule has 0 atom stereocenters. The summed E-state index contributed by atoms with van der Waals surface area (Å²) in [7, 11) is 0. The number of benzene rings is 20. The van der Waals surface area contributed by atoms with Gasteiger partial charge in [-0.3, -0.25) is 0 Å². The van der Waals surface area contributed by atoms with E-state index >= 15 is 0 Å². The number of nitriles is 2. The van der Waals surface area contributed by atoms with Crippen LogP contribution < -0.4 is 26.2 Å². The number of rotatable bonds is 15. The molecule has 20 aromatic carbocycles. The van der Waals surface area contributed by atoms with Crippen molar-refractivity contribution in [3.05, 3.63) is 478 Å². The fourth-order valence-electron chi connectivity index (χ4n) is 20.5. The molecule has 0 fully saturated rings. The Morgan fingerprint density at radius 2 is 0.450 bits per heavy atom. The van der Waals surface area contributed by atoms with Gasteiger partial charge in [-0.15, -0.1) is 0 Å². The molecule has 2 aliphatic rings. The summed E-state index contributed by atoms with van der Waals surface area (Å²) in [5.74, 6) is 0. The first-order valence-corrected chi connectivity index (χ1v) is 44.0. The van der Waals surface area contributed by atoms with E-state index in [0.717, 1.165) is 206 Å². The molecule has 0 saturated carbocycles. The van der Waals surface area contributed by atoms with E-state index in [1.807, 2.05) is 24.3 Å². The summed E-state index contributed by atoms with van der Waals surface area (Å²) in [6, 6.07) is 176. The molecule has 22 aromatic rings. The second-order valence-corrected chi connectivity index (χ2v) is 33.6. The zero-order chi connectivity index (χ0) is 85.6. The van der Waals surface area contributed by atoms with Gasteiger partial charge in [0.05, 0.1) is 56.7 Å². The first-order valence-electron chi connectivity index (χ1n) is 44.0. The van der Waals surface area contributed by atoms with Gasteiger partial charge in [-0.1, -0.05) is 346 Å². The van der Waals surface area contributed by atoms with Gasteiger partial charge >= 0.3 is 0 Å². The molecule has 7 heteroatoms. The maximum Gasteiger partial charge on any atom is 0.252 e. The molecule has 6 nitrogen and oxygen atoms in total. The molecule has 598 valence electrons. The van der Waals surface area contributed by atoms with Gasteiger partial charge in [-0.05, 0) is 238 Å². The van der Waals surface area contributed by atoms with Gasteiger partial charge in [0, 0.05) is 77.9 Å². The van der Waals surface area contributed by atoms with Gasteiger partial charge in [0.15, 0.2) is 0 Å². The normalized spacial score (nSPS) is 12.0. The Hall–Kier alpha value is -17.4. The summed E-state index contributed by atoms with van der Waals surface area (Å²) in [6.07, 6.45) is 0. The minimum Gasteiger partial charge on any atom is -0.310 e. The lowest BCUT2D eigenvalue weighted by molar-refractivity contribution is 1.17. The summed E-state index contributed by atoms with van der Waals surface area (Å²) in [5.41, 5.74) is 38.6. The largest absolute Gasteiger partial charge is 0.310 e. The summed E-state index contributed by atoms with van der Waals surface area (Å²) in [5, 5.41) is 27.5. The summed E-state index contributed by atoms with van der Waals surface area (Å²) < 4.78 is 4.94. The summed E-state index contributed by atoms with van der Waals surface area (Å²) in [4.78, 5) is 5.32. The van der Waals surface area contributed by atoms with Crippen molar-refractivity contribution < 1.29 is 0 Å². The zero-order valence-electron chi connectivity index (χ0n) is 70.2. The number of anilines is 6. The van der Waals surface area contributed by atoms with E-state index in [2.05, 4.69) is 474 Å². The van der Waals surface area contributed by atoms with Crippen LogP contribution in [0.25, 0.3) is 177 Å². The van der Waals surface area contributed by atoms with Crippen LogP contribution in [0.2, 0.25) is 0 Å². The van der Waals surface area contributed by atoms with Crippen molar-refractivity contribution in [2.24, 2.45) is 0 Å². The van der Waals surface area contributed by atoms with E-state index in [-0.39, 0.29) is 0 Å². The SMILES string of the molecule is N#Cc1ccccc1-c1cc(-c2cccc(-c3ccccc3)c2)c(N2c3cc(-n4c5ccccc5c5ccccc54)ccc3B3c4ccc(-n5c6ccccc6c6ccccc65)cc4N(c4c(-c5cccc(-c6ccccc6)c5)cc(-c5ccccc5C#N)cc4-c4cccc(-c5ccccc5)c4)c4cc(-c5ccccc5)cc2c43)c(-c2cccc(-c3ccccc3)c2)c1. The van der Waals surface area contributed by atoms with Gasteiger partial charge in [-0.2, -0.15) is 10.5 Å². The van der Waals surface area contributed by atoms with Gasteiger partial charge in [-0.25, -0.2) is 0 Å². The van der Waals surface area contributed by atoms with Crippen molar-refractivity contribution in [3.8, 4) is 146 Å². The Morgan fingerprint density at radius 1 is 0.186 bits per heavy atom. The molecule has 0 bridgehead atoms.